The summed E-state index contributed by atoms with van der Waals surface area (Å²) in [5.41, 5.74) is -0.727. The fourth-order valence-corrected chi connectivity index (χ4v) is 3.91. The minimum atomic E-state index is -4.68. The number of halogens is 4. The van der Waals surface area contributed by atoms with Gasteiger partial charge in [0.05, 0.1) is 16.7 Å². The highest BCUT2D eigenvalue weighted by atomic mass is 32.2. The molecule has 5 nitrogen and oxygen atoms in total. The van der Waals surface area contributed by atoms with Crippen molar-refractivity contribution in [3.8, 4) is 0 Å². The number of sulfonamides is 1. The van der Waals surface area contributed by atoms with Gasteiger partial charge in [0.1, 0.15) is 11.3 Å². The van der Waals surface area contributed by atoms with Gasteiger partial charge in [-0.3, -0.25) is 0 Å². The van der Waals surface area contributed by atoms with E-state index in [1.54, 1.807) is 12.1 Å². The van der Waals surface area contributed by atoms with Gasteiger partial charge in [-0.05, 0) is 41.8 Å². The Morgan fingerprint density at radius 1 is 0.964 bits per heavy atom. The Kier molecular flexibility index (Phi) is 4.03. The molecule has 3 aromatic carbocycles. The molecule has 1 heterocycles. The smallest absolute Gasteiger partial charge is 0.207 e. The standard InChI is InChI=1S/C18H11F4N3O2S/c19-14-6-7-16-11(8-14)4-5-12-10-23-25(17(12)16)24-28(26,27)15-3-1-2-13(9-15)18(20,21)22/h1-10,24H. The zero-order chi connectivity index (χ0) is 20.1. The fourth-order valence-electron chi connectivity index (χ4n) is 2.89. The summed E-state index contributed by atoms with van der Waals surface area (Å²) in [7, 11) is -4.36. The van der Waals surface area contributed by atoms with E-state index < -0.39 is 32.5 Å². The molecule has 0 unspecified atom stereocenters. The summed E-state index contributed by atoms with van der Waals surface area (Å²) in [5, 5.41) is 5.59. The Morgan fingerprint density at radius 2 is 1.71 bits per heavy atom. The van der Waals surface area contributed by atoms with Crippen LogP contribution in [0.5, 0.6) is 0 Å². The van der Waals surface area contributed by atoms with Gasteiger partial charge in [-0.25, -0.2) is 4.39 Å². The second-order valence-electron chi connectivity index (χ2n) is 6.05. The first-order valence-electron chi connectivity index (χ1n) is 7.91. The maximum Gasteiger partial charge on any atom is 0.416 e. The quantitative estimate of drug-likeness (QED) is 0.514. The van der Waals surface area contributed by atoms with Crippen molar-refractivity contribution < 1.29 is 26.0 Å². The largest absolute Gasteiger partial charge is 0.416 e. The number of rotatable bonds is 3. The molecule has 0 amide bonds. The predicted molar refractivity (Wildman–Crippen MR) is 95.2 cm³/mol. The minimum Gasteiger partial charge on any atom is -0.207 e. The monoisotopic (exact) mass is 409 g/mol. The summed E-state index contributed by atoms with van der Waals surface area (Å²) >= 11 is 0. The molecule has 0 atom stereocenters. The van der Waals surface area contributed by atoms with Gasteiger partial charge in [0.2, 0.25) is 0 Å². The van der Waals surface area contributed by atoms with Crippen LogP contribution in [0.25, 0.3) is 21.7 Å². The van der Waals surface area contributed by atoms with Crippen LogP contribution in [0.1, 0.15) is 5.56 Å². The van der Waals surface area contributed by atoms with Crippen LogP contribution in [-0.4, -0.2) is 18.3 Å². The van der Waals surface area contributed by atoms with Crippen molar-refractivity contribution in [1.29, 1.82) is 0 Å². The van der Waals surface area contributed by atoms with Crippen molar-refractivity contribution in [2.24, 2.45) is 0 Å². The maximum atomic E-state index is 13.5. The van der Waals surface area contributed by atoms with Crippen molar-refractivity contribution in [3.05, 3.63) is 72.2 Å². The van der Waals surface area contributed by atoms with E-state index in [1.807, 2.05) is 0 Å². The summed E-state index contributed by atoms with van der Waals surface area (Å²) < 4.78 is 77.3. The fraction of sp³-hybridized carbons (Fsp3) is 0.0556. The summed E-state index contributed by atoms with van der Waals surface area (Å²) in [6.45, 7) is 0. The number of hydrogen-bond acceptors (Lipinski definition) is 3. The average molecular weight is 409 g/mol. The van der Waals surface area contributed by atoms with Crippen LogP contribution in [0.15, 0.2) is 65.7 Å². The van der Waals surface area contributed by atoms with Gasteiger partial charge < -0.3 is 0 Å². The van der Waals surface area contributed by atoms with Crippen molar-refractivity contribution in [3.63, 3.8) is 0 Å². The summed E-state index contributed by atoms with van der Waals surface area (Å²) in [6, 6.07) is 10.7. The second kappa shape index (κ2) is 6.20. The van der Waals surface area contributed by atoms with Crippen LogP contribution in [0, 0.1) is 5.82 Å². The van der Waals surface area contributed by atoms with Crippen molar-refractivity contribution in [2.45, 2.75) is 11.1 Å². The molecule has 10 heteroatoms. The zero-order valence-electron chi connectivity index (χ0n) is 13.9. The van der Waals surface area contributed by atoms with E-state index in [1.165, 1.54) is 24.4 Å². The van der Waals surface area contributed by atoms with E-state index in [0.29, 0.717) is 27.7 Å². The van der Waals surface area contributed by atoms with Crippen LogP contribution in [0.3, 0.4) is 0 Å². The van der Waals surface area contributed by atoms with Crippen LogP contribution in [-0.2, 0) is 16.2 Å². The molecule has 28 heavy (non-hydrogen) atoms. The number of fused-ring (bicyclic) bond motifs is 3. The number of nitrogens with one attached hydrogen (secondary N) is 1. The third-order valence-electron chi connectivity index (χ3n) is 4.19. The van der Waals surface area contributed by atoms with E-state index >= 15 is 0 Å². The normalized spacial score (nSPS) is 12.6. The second-order valence-corrected chi connectivity index (χ2v) is 7.71. The Morgan fingerprint density at radius 3 is 2.46 bits per heavy atom. The SMILES string of the molecule is O=S(=O)(Nn1ncc2ccc3cc(F)ccc3c21)c1cccc(C(F)(F)F)c1. The van der Waals surface area contributed by atoms with Gasteiger partial charge in [0.25, 0.3) is 10.0 Å². The van der Waals surface area contributed by atoms with Gasteiger partial charge in [-0.15, -0.1) is 0 Å². The molecule has 0 saturated carbocycles. The van der Waals surface area contributed by atoms with Crippen molar-refractivity contribution in [1.82, 2.24) is 9.89 Å². The van der Waals surface area contributed by atoms with Crippen molar-refractivity contribution in [2.75, 3.05) is 4.83 Å². The number of benzene rings is 3. The third kappa shape index (κ3) is 3.15. The Labute approximate surface area is 156 Å². The van der Waals surface area contributed by atoms with Gasteiger partial charge in [-0.2, -0.15) is 36.3 Å². The molecule has 0 aliphatic rings. The molecule has 0 saturated heterocycles. The first-order chi connectivity index (χ1) is 13.1. The first-order valence-corrected chi connectivity index (χ1v) is 9.39. The van der Waals surface area contributed by atoms with E-state index in [0.717, 1.165) is 23.0 Å². The van der Waals surface area contributed by atoms with Gasteiger partial charge in [0.15, 0.2) is 0 Å². The summed E-state index contributed by atoms with van der Waals surface area (Å²) in [5.74, 6) is -0.456. The molecule has 1 aromatic heterocycles. The highest BCUT2D eigenvalue weighted by Crippen LogP contribution is 2.31. The van der Waals surface area contributed by atoms with E-state index in [2.05, 4.69) is 9.93 Å². The van der Waals surface area contributed by atoms with Crippen LogP contribution >= 0.6 is 0 Å². The summed E-state index contributed by atoms with van der Waals surface area (Å²) in [6.07, 6.45) is -3.28. The Hall–Kier alpha value is -3.14. The number of alkyl halides is 3. The van der Waals surface area contributed by atoms with Gasteiger partial charge in [0, 0.05) is 10.8 Å². The van der Waals surface area contributed by atoms with Crippen LogP contribution in [0.4, 0.5) is 17.6 Å². The first kappa shape index (κ1) is 18.2. The van der Waals surface area contributed by atoms with Crippen molar-refractivity contribution >= 4 is 31.7 Å². The number of aromatic nitrogens is 2. The topological polar surface area (TPSA) is 64.0 Å². The minimum absolute atomic E-state index is 0.355. The van der Waals surface area contributed by atoms with E-state index in [9.17, 15) is 26.0 Å². The highest BCUT2D eigenvalue weighted by molar-refractivity contribution is 7.92. The molecular weight excluding hydrogens is 398 g/mol. The molecule has 0 bridgehead atoms. The van der Waals surface area contributed by atoms with Gasteiger partial charge in [-0.1, -0.05) is 18.2 Å². The lowest BCUT2D eigenvalue weighted by Gasteiger charge is -2.12. The van der Waals surface area contributed by atoms with E-state index in [4.69, 9.17) is 0 Å². The number of hydrogen-bond donors (Lipinski definition) is 1. The van der Waals surface area contributed by atoms with Crippen LogP contribution < -0.4 is 4.83 Å². The lowest BCUT2D eigenvalue weighted by Crippen LogP contribution is -2.24. The Balaban J connectivity index is 1.82. The molecule has 4 rings (SSSR count). The molecule has 1 N–H and O–H groups in total. The third-order valence-corrected chi connectivity index (χ3v) is 5.47. The summed E-state index contributed by atoms with van der Waals surface area (Å²) in [4.78, 5) is 2.55. The maximum absolute atomic E-state index is 13.5. The van der Waals surface area contributed by atoms with Crippen LogP contribution in [0.2, 0.25) is 0 Å². The molecule has 0 aliphatic heterocycles. The molecule has 0 radical (unpaired) electrons. The predicted octanol–water partition coefficient (Wildman–Crippen LogP) is 4.28. The molecule has 4 aromatic rings. The van der Waals surface area contributed by atoms with Gasteiger partial charge >= 0.3 is 6.18 Å². The zero-order valence-corrected chi connectivity index (χ0v) is 14.7. The number of nitrogens with zero attached hydrogens (tertiary/aromatic N) is 2. The highest BCUT2D eigenvalue weighted by Gasteiger charge is 2.31. The molecule has 0 fully saturated rings. The molecule has 0 aliphatic carbocycles. The Bertz CT molecular complexity index is 1310. The van der Waals surface area contributed by atoms with E-state index in [-0.39, 0.29) is 0 Å². The molecule has 144 valence electrons. The lowest BCUT2D eigenvalue weighted by molar-refractivity contribution is -0.137. The lowest BCUT2D eigenvalue weighted by atomic mass is 10.1. The molecule has 0 spiro atoms. The molecular formula is C18H11F4N3O2S. The average Bonchev–Trinajstić information content (AvgIpc) is 3.03.